The molecule has 5 rings (SSSR count). The highest BCUT2D eigenvalue weighted by atomic mass is 16.5. The number of amides is 1. The quantitative estimate of drug-likeness (QED) is 0.215. The maximum atomic E-state index is 11.4. The predicted molar refractivity (Wildman–Crippen MR) is 155 cm³/mol. The van der Waals surface area contributed by atoms with Crippen molar-refractivity contribution in [2.24, 2.45) is 0 Å². The molecule has 2 atom stereocenters. The van der Waals surface area contributed by atoms with Crippen LogP contribution in [0.2, 0.25) is 0 Å². The standard InChI is InChI=1S/C30H34N6O4/c1-3-21(37)17-33-25-10-4-8-23-22(25)12-11-19(2)27(23)40-28-24(9-5-14-31-28)26-13-15-32-29(35-26)34-20-7-6-16-36(18-20)30(38)39/h4-5,8-15,20-21,33,37H,3,6-7,16-18H2,1-2H3,(H,38,39)(H,32,34,35)/t20?,21-/m0/s1. The monoisotopic (exact) mass is 542 g/mol. The Kier molecular flexibility index (Phi) is 8.26. The minimum Gasteiger partial charge on any atom is -0.465 e. The highest BCUT2D eigenvalue weighted by Crippen LogP contribution is 2.38. The van der Waals surface area contributed by atoms with E-state index in [-0.39, 0.29) is 6.04 Å². The van der Waals surface area contributed by atoms with E-state index in [4.69, 9.17) is 9.72 Å². The largest absolute Gasteiger partial charge is 0.465 e. The molecular formula is C30H34N6O4. The summed E-state index contributed by atoms with van der Waals surface area (Å²) in [4.78, 5) is 26.4. The number of pyridine rings is 1. The second kappa shape index (κ2) is 12.2. The number of carboxylic acid groups (broad SMARTS) is 1. The van der Waals surface area contributed by atoms with Gasteiger partial charge in [0.1, 0.15) is 5.75 Å². The van der Waals surface area contributed by atoms with Crippen molar-refractivity contribution in [1.29, 1.82) is 0 Å². The summed E-state index contributed by atoms with van der Waals surface area (Å²) in [5, 5.41) is 28.0. The second-order valence-corrected chi connectivity index (χ2v) is 9.99. The minimum atomic E-state index is -0.913. The van der Waals surface area contributed by atoms with Crippen molar-refractivity contribution in [3.05, 3.63) is 66.5 Å². The molecule has 2 aromatic heterocycles. The van der Waals surface area contributed by atoms with Gasteiger partial charge >= 0.3 is 6.09 Å². The first kappa shape index (κ1) is 27.1. The molecule has 1 unspecified atom stereocenters. The topological polar surface area (TPSA) is 133 Å². The SMILES string of the molecule is CC[C@H](O)CNc1cccc2c(Oc3ncccc3-c3ccnc(NC4CCCN(C(=O)O)C4)n3)c(C)ccc12. The van der Waals surface area contributed by atoms with Crippen LogP contribution in [0.3, 0.4) is 0 Å². The molecule has 40 heavy (non-hydrogen) atoms. The van der Waals surface area contributed by atoms with Crippen LogP contribution in [-0.4, -0.2) is 67.9 Å². The molecule has 2 aromatic carbocycles. The van der Waals surface area contributed by atoms with Crippen LogP contribution in [0.4, 0.5) is 16.4 Å². The fraction of sp³-hybridized carbons (Fsp3) is 0.333. The summed E-state index contributed by atoms with van der Waals surface area (Å²) >= 11 is 0. The number of fused-ring (bicyclic) bond motifs is 1. The molecule has 4 N–H and O–H groups in total. The Hall–Kier alpha value is -4.44. The van der Waals surface area contributed by atoms with Gasteiger partial charge in [0.2, 0.25) is 11.8 Å². The molecule has 0 spiro atoms. The number of aliphatic hydroxyl groups is 1. The molecule has 1 saturated heterocycles. The number of hydrogen-bond acceptors (Lipinski definition) is 8. The van der Waals surface area contributed by atoms with E-state index < -0.39 is 12.2 Å². The van der Waals surface area contributed by atoms with Crippen LogP contribution in [0.1, 0.15) is 31.7 Å². The first-order chi connectivity index (χ1) is 19.4. The summed E-state index contributed by atoms with van der Waals surface area (Å²) in [6, 6.07) is 15.5. The Labute approximate surface area is 233 Å². The smallest absolute Gasteiger partial charge is 0.407 e. The minimum absolute atomic E-state index is 0.0655. The van der Waals surface area contributed by atoms with Gasteiger partial charge in [-0.15, -0.1) is 0 Å². The van der Waals surface area contributed by atoms with Crippen molar-refractivity contribution in [2.75, 3.05) is 30.3 Å². The zero-order valence-electron chi connectivity index (χ0n) is 22.7. The van der Waals surface area contributed by atoms with Gasteiger partial charge in [-0.25, -0.2) is 19.7 Å². The van der Waals surface area contributed by atoms with Gasteiger partial charge in [0.25, 0.3) is 0 Å². The number of carbonyl (C=O) groups is 1. The predicted octanol–water partition coefficient (Wildman–Crippen LogP) is 5.53. The van der Waals surface area contributed by atoms with Crippen LogP contribution in [0, 0.1) is 6.92 Å². The number of rotatable bonds is 9. The van der Waals surface area contributed by atoms with Crippen LogP contribution >= 0.6 is 0 Å². The van der Waals surface area contributed by atoms with Crippen molar-refractivity contribution in [2.45, 2.75) is 45.3 Å². The van der Waals surface area contributed by atoms with Crippen molar-refractivity contribution in [3.63, 3.8) is 0 Å². The molecule has 10 heteroatoms. The Morgan fingerprint density at radius 2 is 2.00 bits per heavy atom. The number of ether oxygens (including phenoxy) is 1. The molecule has 0 bridgehead atoms. The van der Waals surface area contributed by atoms with Crippen molar-refractivity contribution in [1.82, 2.24) is 19.9 Å². The van der Waals surface area contributed by atoms with Crippen LogP contribution in [0.5, 0.6) is 11.6 Å². The van der Waals surface area contributed by atoms with Gasteiger partial charge in [0, 0.05) is 54.5 Å². The third kappa shape index (κ3) is 6.07. The first-order valence-corrected chi connectivity index (χ1v) is 13.6. The fourth-order valence-corrected chi connectivity index (χ4v) is 4.89. The third-order valence-corrected chi connectivity index (χ3v) is 7.13. The lowest BCUT2D eigenvalue weighted by Crippen LogP contribution is -2.44. The summed E-state index contributed by atoms with van der Waals surface area (Å²) < 4.78 is 6.50. The zero-order chi connectivity index (χ0) is 28.1. The van der Waals surface area contributed by atoms with E-state index in [0.29, 0.717) is 54.9 Å². The number of likely N-dealkylation sites (tertiary alicyclic amines) is 1. The summed E-state index contributed by atoms with van der Waals surface area (Å²) in [5.41, 5.74) is 3.23. The van der Waals surface area contributed by atoms with Crippen molar-refractivity contribution < 1.29 is 19.7 Å². The lowest BCUT2D eigenvalue weighted by atomic mass is 10.0. The molecule has 0 saturated carbocycles. The Morgan fingerprint density at radius 1 is 1.12 bits per heavy atom. The van der Waals surface area contributed by atoms with E-state index in [1.54, 1.807) is 18.5 Å². The molecule has 3 heterocycles. The van der Waals surface area contributed by atoms with Gasteiger partial charge in [0.05, 0.1) is 17.4 Å². The fourth-order valence-electron chi connectivity index (χ4n) is 4.89. The molecule has 10 nitrogen and oxygen atoms in total. The average Bonchev–Trinajstić information content (AvgIpc) is 2.97. The van der Waals surface area contributed by atoms with E-state index >= 15 is 0 Å². The number of hydrogen-bond donors (Lipinski definition) is 4. The van der Waals surface area contributed by atoms with E-state index in [0.717, 1.165) is 34.9 Å². The second-order valence-electron chi connectivity index (χ2n) is 9.99. The average molecular weight is 543 g/mol. The van der Waals surface area contributed by atoms with E-state index in [9.17, 15) is 15.0 Å². The number of aliphatic hydroxyl groups excluding tert-OH is 1. The Balaban J connectivity index is 1.42. The molecule has 1 fully saturated rings. The molecular weight excluding hydrogens is 508 g/mol. The first-order valence-electron chi connectivity index (χ1n) is 13.6. The van der Waals surface area contributed by atoms with Gasteiger partial charge in [0.15, 0.2) is 0 Å². The molecule has 208 valence electrons. The molecule has 1 aliphatic heterocycles. The van der Waals surface area contributed by atoms with E-state index in [2.05, 4.69) is 26.7 Å². The maximum Gasteiger partial charge on any atom is 0.407 e. The summed E-state index contributed by atoms with van der Waals surface area (Å²) in [6.45, 7) is 5.34. The molecule has 4 aromatic rings. The summed E-state index contributed by atoms with van der Waals surface area (Å²) in [6.07, 6.45) is 4.32. The van der Waals surface area contributed by atoms with Gasteiger partial charge in [-0.2, -0.15) is 0 Å². The Bertz CT molecular complexity index is 1500. The maximum absolute atomic E-state index is 11.4. The number of nitrogens with zero attached hydrogens (tertiary/aromatic N) is 4. The van der Waals surface area contributed by atoms with Gasteiger partial charge in [-0.3, -0.25) is 0 Å². The molecule has 1 amide bonds. The van der Waals surface area contributed by atoms with Crippen LogP contribution in [-0.2, 0) is 0 Å². The van der Waals surface area contributed by atoms with Gasteiger partial charge < -0.3 is 30.5 Å². The number of aryl methyl sites for hydroxylation is 1. The molecule has 0 radical (unpaired) electrons. The summed E-state index contributed by atoms with van der Waals surface area (Å²) in [5.74, 6) is 1.54. The van der Waals surface area contributed by atoms with E-state index in [1.807, 2.05) is 50.2 Å². The normalized spacial score (nSPS) is 16.0. The van der Waals surface area contributed by atoms with Crippen molar-refractivity contribution in [3.8, 4) is 22.9 Å². The number of anilines is 2. The highest BCUT2D eigenvalue weighted by Gasteiger charge is 2.24. The number of piperidine rings is 1. The lowest BCUT2D eigenvalue weighted by Gasteiger charge is -2.31. The molecule has 1 aliphatic rings. The Morgan fingerprint density at radius 3 is 2.83 bits per heavy atom. The molecule has 0 aliphatic carbocycles. The number of aromatic nitrogens is 3. The van der Waals surface area contributed by atoms with E-state index in [1.165, 1.54) is 4.90 Å². The number of benzene rings is 2. The highest BCUT2D eigenvalue weighted by molar-refractivity contribution is 5.98. The van der Waals surface area contributed by atoms with Crippen LogP contribution in [0.25, 0.3) is 22.0 Å². The van der Waals surface area contributed by atoms with Crippen LogP contribution < -0.4 is 15.4 Å². The summed E-state index contributed by atoms with van der Waals surface area (Å²) in [7, 11) is 0. The van der Waals surface area contributed by atoms with Crippen LogP contribution in [0.15, 0.2) is 60.9 Å². The third-order valence-electron chi connectivity index (χ3n) is 7.13. The lowest BCUT2D eigenvalue weighted by molar-refractivity contribution is 0.132. The van der Waals surface area contributed by atoms with Gasteiger partial charge in [-0.05, 0) is 56.0 Å². The van der Waals surface area contributed by atoms with Crippen molar-refractivity contribution >= 4 is 28.5 Å². The van der Waals surface area contributed by atoms with Gasteiger partial charge in [-0.1, -0.05) is 31.2 Å². The number of nitrogens with one attached hydrogen (secondary N) is 2. The zero-order valence-corrected chi connectivity index (χ0v) is 22.7.